The van der Waals surface area contributed by atoms with Crippen molar-refractivity contribution in [3.8, 4) is 0 Å². The molecule has 0 atom stereocenters. The van der Waals surface area contributed by atoms with E-state index in [9.17, 15) is 0 Å². The summed E-state index contributed by atoms with van der Waals surface area (Å²) in [6.45, 7) is 2.17. The third-order valence-electron chi connectivity index (χ3n) is 3.79. The van der Waals surface area contributed by atoms with Crippen molar-refractivity contribution in [1.29, 1.82) is 0 Å². The van der Waals surface area contributed by atoms with Crippen LogP contribution in [0.3, 0.4) is 0 Å². The number of allylic oxidation sites excluding steroid dienone is 1. The first-order valence-electron chi connectivity index (χ1n) is 6.55. The molecule has 0 saturated heterocycles. The van der Waals surface area contributed by atoms with Crippen molar-refractivity contribution in [2.24, 2.45) is 5.92 Å². The van der Waals surface area contributed by atoms with Gasteiger partial charge in [-0.25, -0.2) is 0 Å². The van der Waals surface area contributed by atoms with Gasteiger partial charge in [-0.3, -0.25) is 4.98 Å². The average Bonchev–Trinajstić information content (AvgIpc) is 2.40. The summed E-state index contributed by atoms with van der Waals surface area (Å²) in [4.78, 5) is 4.60. The van der Waals surface area contributed by atoms with E-state index in [1.807, 2.05) is 6.20 Å². The smallest absolute Gasteiger partial charge is 0.0434 e. The summed E-state index contributed by atoms with van der Waals surface area (Å²) in [6, 6.07) is 4.42. The van der Waals surface area contributed by atoms with Crippen LogP contribution in [0.5, 0.6) is 0 Å². The second-order valence-electron chi connectivity index (χ2n) is 4.88. The Morgan fingerprint density at radius 3 is 2.59 bits per heavy atom. The maximum Gasteiger partial charge on any atom is 0.0434 e. The minimum absolute atomic E-state index is 0.654. The van der Waals surface area contributed by atoms with Gasteiger partial charge in [-0.05, 0) is 49.7 Å². The van der Waals surface area contributed by atoms with E-state index in [-0.39, 0.29) is 0 Å². The lowest BCUT2D eigenvalue weighted by Gasteiger charge is -2.26. The molecule has 0 bridgehead atoms. The van der Waals surface area contributed by atoms with Gasteiger partial charge < -0.3 is 0 Å². The van der Waals surface area contributed by atoms with E-state index >= 15 is 0 Å². The van der Waals surface area contributed by atoms with Crippen molar-refractivity contribution in [3.63, 3.8) is 0 Å². The van der Waals surface area contributed by atoms with Crippen LogP contribution in [0.1, 0.15) is 49.8 Å². The molecule has 1 aromatic rings. The van der Waals surface area contributed by atoms with E-state index in [1.165, 1.54) is 36.9 Å². The Bertz CT molecular complexity index is 361. The number of rotatable bonds is 3. The minimum Gasteiger partial charge on any atom is -0.261 e. The Morgan fingerprint density at radius 1 is 1.29 bits per heavy atom. The van der Waals surface area contributed by atoms with Crippen molar-refractivity contribution in [1.82, 2.24) is 4.98 Å². The van der Waals surface area contributed by atoms with Crippen LogP contribution in [-0.4, -0.2) is 4.98 Å². The first kappa shape index (κ1) is 12.6. The Hall–Kier alpha value is -0.820. The fourth-order valence-corrected chi connectivity index (χ4v) is 2.80. The molecule has 0 amide bonds. The van der Waals surface area contributed by atoms with Crippen molar-refractivity contribution in [2.75, 3.05) is 0 Å². The maximum absolute atomic E-state index is 5.63. The molecule has 1 aromatic heterocycles. The molecule has 2 rings (SSSR count). The molecule has 1 fully saturated rings. The van der Waals surface area contributed by atoms with Gasteiger partial charge in [0.25, 0.3) is 0 Å². The molecule has 0 aliphatic heterocycles. The number of aromatic nitrogens is 1. The van der Waals surface area contributed by atoms with E-state index in [0.29, 0.717) is 11.8 Å². The molecule has 0 N–H and O–H groups in total. The van der Waals surface area contributed by atoms with Crippen LogP contribution < -0.4 is 0 Å². The maximum atomic E-state index is 5.63. The second kappa shape index (κ2) is 6.20. The fraction of sp³-hybridized carbons (Fsp3) is 0.533. The Balaban J connectivity index is 1.95. The van der Waals surface area contributed by atoms with Gasteiger partial charge in [-0.1, -0.05) is 30.7 Å². The molecule has 2 heteroatoms. The first-order chi connectivity index (χ1) is 8.33. The molecule has 1 aliphatic rings. The fourth-order valence-electron chi connectivity index (χ4n) is 2.60. The highest BCUT2D eigenvalue weighted by atomic mass is 35.5. The Labute approximate surface area is 109 Å². The lowest BCUT2D eigenvalue weighted by molar-refractivity contribution is 0.371. The SMILES string of the molecule is CCc1ccc([C@H]2CC[C@H](/C=C/Cl)CC2)nc1. The van der Waals surface area contributed by atoms with E-state index in [4.69, 9.17) is 11.6 Å². The zero-order valence-corrected chi connectivity index (χ0v) is 11.2. The largest absolute Gasteiger partial charge is 0.261 e. The standard InChI is InChI=1S/C15H20ClN/c1-2-12-5-8-15(17-11-12)14-6-3-13(4-7-14)9-10-16/h5,8-11,13-14H,2-4,6-7H2,1H3/b10-9+/t13-,14-. The third-order valence-corrected chi connectivity index (χ3v) is 3.94. The van der Waals surface area contributed by atoms with E-state index in [2.05, 4.69) is 30.1 Å². The molecular weight excluding hydrogens is 230 g/mol. The Kier molecular flexibility index (Phi) is 4.61. The van der Waals surface area contributed by atoms with Gasteiger partial charge in [0, 0.05) is 23.3 Å². The van der Waals surface area contributed by atoms with Crippen LogP contribution in [-0.2, 0) is 6.42 Å². The number of hydrogen-bond donors (Lipinski definition) is 0. The summed E-state index contributed by atoms with van der Waals surface area (Å²) in [5.41, 5.74) is 4.27. The molecule has 0 unspecified atom stereocenters. The quantitative estimate of drug-likeness (QED) is 0.759. The van der Waals surface area contributed by atoms with Crippen LogP contribution >= 0.6 is 11.6 Å². The van der Waals surface area contributed by atoms with Crippen molar-refractivity contribution in [3.05, 3.63) is 41.2 Å². The van der Waals surface area contributed by atoms with Gasteiger partial charge >= 0.3 is 0 Å². The van der Waals surface area contributed by atoms with Gasteiger partial charge in [0.2, 0.25) is 0 Å². The van der Waals surface area contributed by atoms with Crippen molar-refractivity contribution in [2.45, 2.75) is 44.9 Å². The molecule has 0 radical (unpaired) electrons. The number of halogens is 1. The molecular formula is C15H20ClN. The number of pyridine rings is 1. The van der Waals surface area contributed by atoms with Crippen LogP contribution in [0, 0.1) is 5.92 Å². The van der Waals surface area contributed by atoms with Gasteiger partial charge in [-0.15, -0.1) is 0 Å². The summed E-state index contributed by atoms with van der Waals surface area (Å²) in [5, 5.41) is 0. The van der Waals surface area contributed by atoms with E-state index in [0.717, 1.165) is 6.42 Å². The summed E-state index contributed by atoms with van der Waals surface area (Å²) in [6.07, 6.45) is 10.2. The third kappa shape index (κ3) is 3.32. The predicted octanol–water partition coefficient (Wildman–Crippen LogP) is 4.67. The van der Waals surface area contributed by atoms with Gasteiger partial charge in [-0.2, -0.15) is 0 Å². The van der Waals surface area contributed by atoms with Gasteiger partial charge in [0.05, 0.1) is 0 Å². The number of hydrogen-bond acceptors (Lipinski definition) is 1. The topological polar surface area (TPSA) is 12.9 Å². The molecule has 1 nitrogen and oxygen atoms in total. The highest BCUT2D eigenvalue weighted by Gasteiger charge is 2.21. The van der Waals surface area contributed by atoms with Crippen molar-refractivity contribution >= 4 is 11.6 Å². The van der Waals surface area contributed by atoms with E-state index in [1.54, 1.807) is 5.54 Å². The highest BCUT2D eigenvalue weighted by molar-refractivity contribution is 6.25. The van der Waals surface area contributed by atoms with Crippen molar-refractivity contribution < 1.29 is 0 Å². The molecule has 17 heavy (non-hydrogen) atoms. The lowest BCUT2D eigenvalue weighted by atomic mass is 9.80. The molecule has 0 spiro atoms. The van der Waals surface area contributed by atoms with Crippen LogP contribution in [0.2, 0.25) is 0 Å². The van der Waals surface area contributed by atoms with Crippen LogP contribution in [0.15, 0.2) is 29.9 Å². The predicted molar refractivity (Wildman–Crippen MR) is 73.3 cm³/mol. The highest BCUT2D eigenvalue weighted by Crippen LogP contribution is 2.35. The summed E-state index contributed by atoms with van der Waals surface area (Å²) in [7, 11) is 0. The van der Waals surface area contributed by atoms with Crippen LogP contribution in [0.4, 0.5) is 0 Å². The van der Waals surface area contributed by atoms with Gasteiger partial charge in [0.15, 0.2) is 0 Å². The molecule has 1 heterocycles. The zero-order valence-electron chi connectivity index (χ0n) is 10.4. The average molecular weight is 250 g/mol. The normalized spacial score (nSPS) is 25.3. The summed E-state index contributed by atoms with van der Waals surface area (Å²) < 4.78 is 0. The first-order valence-corrected chi connectivity index (χ1v) is 6.98. The zero-order chi connectivity index (χ0) is 12.1. The van der Waals surface area contributed by atoms with Crippen LogP contribution in [0.25, 0.3) is 0 Å². The summed E-state index contributed by atoms with van der Waals surface area (Å²) in [5.74, 6) is 1.33. The molecule has 1 aliphatic carbocycles. The minimum atomic E-state index is 0.654. The monoisotopic (exact) mass is 249 g/mol. The molecule has 0 aromatic carbocycles. The second-order valence-corrected chi connectivity index (χ2v) is 5.13. The molecule has 92 valence electrons. The van der Waals surface area contributed by atoms with E-state index < -0.39 is 0 Å². The summed E-state index contributed by atoms with van der Waals surface area (Å²) >= 11 is 5.63. The molecule has 1 saturated carbocycles. The number of nitrogens with zero attached hydrogens (tertiary/aromatic N) is 1. The Morgan fingerprint density at radius 2 is 2.06 bits per heavy atom. The number of aryl methyl sites for hydroxylation is 1. The van der Waals surface area contributed by atoms with Gasteiger partial charge in [0.1, 0.15) is 0 Å². The lowest BCUT2D eigenvalue weighted by Crippen LogP contribution is -2.12.